The van der Waals surface area contributed by atoms with E-state index >= 15 is 0 Å². The van der Waals surface area contributed by atoms with Crippen molar-refractivity contribution in [3.63, 3.8) is 0 Å². The van der Waals surface area contributed by atoms with Crippen LogP contribution >= 0.6 is 11.8 Å². The minimum absolute atomic E-state index is 0.764. The molecule has 1 aliphatic rings. The third-order valence-electron chi connectivity index (χ3n) is 3.58. The van der Waals surface area contributed by atoms with Gasteiger partial charge in [0, 0.05) is 10.5 Å². The molecule has 0 bridgehead atoms. The van der Waals surface area contributed by atoms with Crippen LogP contribution in [0.5, 0.6) is 11.5 Å². The van der Waals surface area contributed by atoms with Crippen LogP contribution in [0.4, 0.5) is 0 Å². The molecule has 1 heterocycles. The third-order valence-corrected chi connectivity index (χ3v) is 4.75. The topological polar surface area (TPSA) is 21.5 Å². The van der Waals surface area contributed by atoms with Crippen molar-refractivity contribution in [1.82, 2.24) is 0 Å². The summed E-state index contributed by atoms with van der Waals surface area (Å²) in [6.07, 6.45) is 0. The fraction of sp³-hybridized carbons (Fsp3) is 0.235. The van der Waals surface area contributed by atoms with Gasteiger partial charge in [0.15, 0.2) is 17.4 Å². The van der Waals surface area contributed by atoms with E-state index in [0.717, 1.165) is 17.4 Å². The van der Waals surface area contributed by atoms with Crippen LogP contribution in [0.15, 0.2) is 47.4 Å². The summed E-state index contributed by atoms with van der Waals surface area (Å²) in [4.78, 5) is 1.23. The lowest BCUT2D eigenvalue weighted by Crippen LogP contribution is -2.24. The first-order valence-electron chi connectivity index (χ1n) is 6.77. The molecule has 0 atom stereocenters. The summed E-state index contributed by atoms with van der Waals surface area (Å²) in [5, 5.41) is 0. The van der Waals surface area contributed by atoms with Gasteiger partial charge in [-0.1, -0.05) is 30.0 Å². The summed E-state index contributed by atoms with van der Waals surface area (Å²) >= 11 is 1.81. The first-order valence-corrected chi connectivity index (χ1v) is 7.76. The average molecular weight is 300 g/mol. The molecule has 0 fully saturated rings. The van der Waals surface area contributed by atoms with Crippen LogP contribution in [0.3, 0.4) is 0 Å². The maximum Gasteiger partial charge on any atom is 0.216 e. The van der Waals surface area contributed by atoms with E-state index in [9.17, 15) is 0 Å². The van der Waals surface area contributed by atoms with E-state index in [-0.39, 0.29) is 0 Å². The molecule has 1 aliphatic heterocycles. The molecule has 2 aromatic rings. The van der Waals surface area contributed by atoms with Gasteiger partial charge >= 0.3 is 0 Å². The van der Waals surface area contributed by atoms with E-state index in [4.69, 9.17) is 9.47 Å². The van der Waals surface area contributed by atoms with Crippen LogP contribution in [0.2, 0.25) is 0 Å². The van der Waals surface area contributed by atoms with Crippen molar-refractivity contribution in [2.24, 2.45) is 0 Å². The van der Waals surface area contributed by atoms with Crippen LogP contribution in [0.1, 0.15) is 11.1 Å². The number of nitrogens with zero attached hydrogens (tertiary/aromatic N) is 1. The van der Waals surface area contributed by atoms with Gasteiger partial charge < -0.3 is 9.47 Å². The molecule has 108 valence electrons. The first kappa shape index (κ1) is 14.0. The van der Waals surface area contributed by atoms with Crippen LogP contribution in [0, 0.1) is 0 Å². The Labute approximate surface area is 129 Å². The second-order valence-corrected chi connectivity index (χ2v) is 5.88. The van der Waals surface area contributed by atoms with Gasteiger partial charge in [0.05, 0.1) is 19.8 Å². The van der Waals surface area contributed by atoms with E-state index in [1.807, 2.05) is 17.8 Å². The Morgan fingerprint density at radius 2 is 1.67 bits per heavy atom. The Morgan fingerprint density at radius 1 is 1.00 bits per heavy atom. The molecule has 0 aliphatic carbocycles. The molecule has 0 spiro atoms. The van der Waals surface area contributed by atoms with E-state index in [0.29, 0.717) is 0 Å². The number of rotatable bonds is 3. The van der Waals surface area contributed by atoms with E-state index < -0.39 is 0 Å². The van der Waals surface area contributed by atoms with Crippen molar-refractivity contribution in [2.75, 3.05) is 27.1 Å². The van der Waals surface area contributed by atoms with Crippen molar-refractivity contribution in [3.05, 3.63) is 53.6 Å². The van der Waals surface area contributed by atoms with Crippen LogP contribution in [-0.4, -0.2) is 37.4 Å². The van der Waals surface area contributed by atoms with E-state index in [2.05, 4.69) is 48.0 Å². The van der Waals surface area contributed by atoms with Gasteiger partial charge in [-0.15, -0.1) is 0 Å². The summed E-state index contributed by atoms with van der Waals surface area (Å²) in [7, 11) is 5.47. The molecule has 21 heavy (non-hydrogen) atoms. The highest BCUT2D eigenvalue weighted by Crippen LogP contribution is 2.38. The van der Waals surface area contributed by atoms with Crippen LogP contribution in [0.25, 0.3) is 0 Å². The fourth-order valence-corrected chi connectivity index (χ4v) is 3.54. The molecule has 0 unspecified atom stereocenters. The average Bonchev–Trinajstić information content (AvgIpc) is 2.54. The molecule has 0 radical (unpaired) electrons. The lowest BCUT2D eigenvalue weighted by molar-refractivity contribution is -0.474. The molecule has 0 N–H and O–H groups in total. The normalized spacial score (nSPS) is 13.9. The Hall–Kier alpha value is -1.94. The van der Waals surface area contributed by atoms with Crippen molar-refractivity contribution < 1.29 is 14.0 Å². The number of benzene rings is 2. The predicted octanol–water partition coefficient (Wildman–Crippen LogP) is 3.25. The predicted molar refractivity (Wildman–Crippen MR) is 86.1 cm³/mol. The first-order chi connectivity index (χ1) is 10.2. The minimum Gasteiger partial charge on any atom is -0.493 e. The monoisotopic (exact) mass is 300 g/mol. The van der Waals surface area contributed by atoms with Gasteiger partial charge in [-0.05, 0) is 24.3 Å². The fourth-order valence-electron chi connectivity index (χ4n) is 2.57. The summed E-state index contributed by atoms with van der Waals surface area (Å²) in [6.45, 7) is 0. The molecular formula is C17H18NO2S+. The third kappa shape index (κ3) is 2.51. The molecule has 3 nitrogen and oxygen atoms in total. The van der Waals surface area contributed by atoms with Crippen molar-refractivity contribution >= 4 is 17.5 Å². The van der Waals surface area contributed by atoms with Crippen molar-refractivity contribution in [1.29, 1.82) is 0 Å². The molecule has 0 amide bonds. The van der Waals surface area contributed by atoms with Gasteiger partial charge in [0.25, 0.3) is 0 Å². The molecule has 0 saturated carbocycles. The Kier molecular flexibility index (Phi) is 3.88. The maximum atomic E-state index is 5.46. The molecule has 4 heteroatoms. The Balaban J connectivity index is 2.20. The lowest BCUT2D eigenvalue weighted by Gasteiger charge is -2.18. The van der Waals surface area contributed by atoms with Gasteiger partial charge in [0.2, 0.25) is 5.71 Å². The van der Waals surface area contributed by atoms with Crippen LogP contribution in [-0.2, 0) is 0 Å². The second kappa shape index (κ2) is 5.82. The number of ether oxygens (including phenoxy) is 2. The quantitative estimate of drug-likeness (QED) is 0.812. The maximum absolute atomic E-state index is 5.46. The molecule has 2 aromatic carbocycles. The Morgan fingerprint density at radius 3 is 2.33 bits per heavy atom. The van der Waals surface area contributed by atoms with Gasteiger partial charge in [-0.25, -0.2) is 4.58 Å². The smallest absolute Gasteiger partial charge is 0.216 e. The van der Waals surface area contributed by atoms with Crippen LogP contribution < -0.4 is 9.47 Å². The van der Waals surface area contributed by atoms with Crippen molar-refractivity contribution in [3.8, 4) is 11.5 Å². The Bertz CT molecular complexity index is 695. The van der Waals surface area contributed by atoms with E-state index in [1.54, 1.807) is 14.2 Å². The highest BCUT2D eigenvalue weighted by atomic mass is 32.2. The standard InChI is InChI=1S/C17H18NO2S/c1-18-11-21-16-10-15(20-3)14(19-2)9-13(16)17(18)12-7-5-4-6-8-12/h4-10H,11H2,1-3H3/q+1. The number of hydrogen-bond donors (Lipinski definition) is 0. The largest absolute Gasteiger partial charge is 0.493 e. The van der Waals surface area contributed by atoms with Gasteiger partial charge in [-0.3, -0.25) is 0 Å². The minimum atomic E-state index is 0.764. The summed E-state index contributed by atoms with van der Waals surface area (Å²) in [6, 6.07) is 14.6. The summed E-state index contributed by atoms with van der Waals surface area (Å²) in [5.41, 5.74) is 3.64. The van der Waals surface area contributed by atoms with E-state index in [1.165, 1.54) is 21.7 Å². The summed E-state index contributed by atoms with van der Waals surface area (Å²) in [5.74, 6) is 2.47. The zero-order valence-corrected chi connectivity index (χ0v) is 13.2. The number of hydrogen-bond acceptors (Lipinski definition) is 3. The zero-order valence-electron chi connectivity index (χ0n) is 12.4. The van der Waals surface area contributed by atoms with Crippen molar-refractivity contribution in [2.45, 2.75) is 4.90 Å². The van der Waals surface area contributed by atoms with Gasteiger partial charge in [-0.2, -0.15) is 0 Å². The number of thioether (sulfide) groups is 1. The van der Waals surface area contributed by atoms with Gasteiger partial charge in [0.1, 0.15) is 7.05 Å². The number of methoxy groups -OCH3 is 2. The second-order valence-electron chi connectivity index (χ2n) is 4.89. The molecular weight excluding hydrogens is 282 g/mol. The highest BCUT2D eigenvalue weighted by molar-refractivity contribution is 7.99. The highest BCUT2D eigenvalue weighted by Gasteiger charge is 2.27. The molecule has 0 saturated heterocycles. The summed E-state index contributed by atoms with van der Waals surface area (Å²) < 4.78 is 13.1. The zero-order chi connectivity index (χ0) is 14.8. The SMILES string of the molecule is COc1cc2c(cc1OC)C(c1ccccc1)=[N+](C)CS2. The molecule has 3 rings (SSSR count). The number of fused-ring (bicyclic) bond motifs is 1. The lowest BCUT2D eigenvalue weighted by atomic mass is 10.0. The molecule has 0 aromatic heterocycles.